The number of methoxy groups -OCH3 is 2. The number of thioether (sulfide) groups is 2. The molecule has 5 N–H and O–H groups in total. The van der Waals surface area contributed by atoms with Gasteiger partial charge in [-0.05, 0) is 17.1 Å². The number of aromatic amines is 1. The fourth-order valence-corrected chi connectivity index (χ4v) is 6.51. The summed E-state index contributed by atoms with van der Waals surface area (Å²) in [7, 11) is 3.99. The highest BCUT2D eigenvalue weighted by atomic mass is 32.2. The third-order valence-electron chi connectivity index (χ3n) is 5.87. The highest BCUT2D eigenvalue weighted by Crippen LogP contribution is 2.41. The number of allylic oxidation sites excluding steroid dienone is 1. The van der Waals surface area contributed by atoms with E-state index in [1.54, 1.807) is 0 Å². The molecule has 224 valence electrons. The molecule has 4 heterocycles. The van der Waals surface area contributed by atoms with Gasteiger partial charge in [-0.1, -0.05) is 16.9 Å². The Hall–Kier alpha value is -3.98. The molecule has 1 fully saturated rings. The van der Waals surface area contributed by atoms with Crippen molar-refractivity contribution in [3.8, 4) is 0 Å². The number of thiazole rings is 1. The van der Waals surface area contributed by atoms with Gasteiger partial charge in [0.05, 0.1) is 6.54 Å². The van der Waals surface area contributed by atoms with E-state index in [1.165, 1.54) is 50.0 Å². The van der Waals surface area contributed by atoms with Crippen molar-refractivity contribution in [3.05, 3.63) is 54.5 Å². The molecule has 2 aliphatic heterocycles. The van der Waals surface area contributed by atoms with Crippen molar-refractivity contribution in [3.63, 3.8) is 0 Å². The lowest BCUT2D eigenvalue weighted by atomic mass is 10.0. The highest BCUT2D eigenvalue weighted by Gasteiger charge is 2.54. The number of rotatable bonds is 12. The quantitative estimate of drug-likeness (QED) is 0.0543. The van der Waals surface area contributed by atoms with E-state index in [9.17, 15) is 29.1 Å². The van der Waals surface area contributed by atoms with Gasteiger partial charge in [0.2, 0.25) is 0 Å². The number of aromatic nitrogens is 4. The van der Waals surface area contributed by atoms with Crippen LogP contribution in [0.2, 0.25) is 0 Å². The number of carbonyl (C=O) groups is 3. The number of ether oxygens (including phenoxy) is 2. The molecule has 20 heteroatoms. The molecule has 0 spiro atoms. The summed E-state index contributed by atoms with van der Waals surface area (Å²) in [4.78, 5) is 72.2. The largest absolute Gasteiger partial charge is 0.477 e. The second kappa shape index (κ2) is 13.3. The number of carboxylic acids is 1. The fourth-order valence-electron chi connectivity index (χ4n) is 3.91. The van der Waals surface area contributed by atoms with Crippen LogP contribution >= 0.6 is 34.9 Å². The Morgan fingerprint density at radius 3 is 2.69 bits per heavy atom. The zero-order chi connectivity index (χ0) is 30.6. The molecular weight excluding hydrogens is 616 g/mol. The maximum Gasteiger partial charge on any atom is 0.352 e. The van der Waals surface area contributed by atoms with E-state index in [4.69, 9.17) is 20.0 Å². The van der Waals surface area contributed by atoms with Gasteiger partial charge in [0, 0.05) is 25.4 Å². The van der Waals surface area contributed by atoms with Gasteiger partial charge in [-0.2, -0.15) is 0 Å². The van der Waals surface area contributed by atoms with Crippen LogP contribution in [0.1, 0.15) is 5.69 Å². The number of nitrogens with two attached hydrogens (primary N) is 1. The SMILES string of the molecule is CON=C(C(=O)NC1C(=O)N2C(C(=O)O)=C(C=CSc3n[nH]c(=O)c(=O)n3CC(OC)OC)CSC12)c1csc(N)n1. The smallest absolute Gasteiger partial charge is 0.352 e. The number of H-pyrrole nitrogens is 1. The van der Waals surface area contributed by atoms with Crippen LogP contribution in [0.4, 0.5) is 5.13 Å². The number of aliphatic carboxylic acids is 1. The van der Waals surface area contributed by atoms with Crippen molar-refractivity contribution in [1.29, 1.82) is 0 Å². The van der Waals surface area contributed by atoms with Crippen LogP contribution < -0.4 is 22.2 Å². The average Bonchev–Trinajstić information content (AvgIpc) is 3.41. The average molecular weight is 641 g/mol. The molecule has 2 atom stereocenters. The van der Waals surface area contributed by atoms with Crippen molar-refractivity contribution in [1.82, 2.24) is 30.0 Å². The molecular formula is C22H24N8O9S3. The Bertz CT molecular complexity index is 1590. The number of fused-ring (bicyclic) bond motifs is 1. The first-order valence-electron chi connectivity index (χ1n) is 11.7. The minimum atomic E-state index is -1.34. The molecule has 2 unspecified atom stereocenters. The summed E-state index contributed by atoms with van der Waals surface area (Å²) in [6.45, 7) is -0.123. The first-order chi connectivity index (χ1) is 20.1. The zero-order valence-electron chi connectivity index (χ0n) is 22.1. The van der Waals surface area contributed by atoms with E-state index in [0.29, 0.717) is 5.57 Å². The van der Waals surface area contributed by atoms with Gasteiger partial charge in [0.15, 0.2) is 22.3 Å². The Labute approximate surface area is 248 Å². The van der Waals surface area contributed by atoms with Gasteiger partial charge >= 0.3 is 17.1 Å². The predicted molar refractivity (Wildman–Crippen MR) is 152 cm³/mol. The molecule has 0 aromatic carbocycles. The van der Waals surface area contributed by atoms with Crippen LogP contribution in [0.3, 0.4) is 0 Å². The molecule has 2 aromatic heterocycles. The summed E-state index contributed by atoms with van der Waals surface area (Å²) >= 11 is 3.27. The number of nitrogens with zero attached hydrogens (tertiary/aromatic N) is 5. The molecule has 2 aliphatic rings. The first-order valence-corrected chi connectivity index (χ1v) is 14.5. The molecule has 0 aliphatic carbocycles. The minimum absolute atomic E-state index is 0.0898. The second-order valence-electron chi connectivity index (χ2n) is 8.31. The summed E-state index contributed by atoms with van der Waals surface area (Å²) < 4.78 is 11.3. The normalized spacial score (nSPS) is 18.8. The number of carboxylic acid groups (broad SMARTS) is 1. The zero-order valence-corrected chi connectivity index (χ0v) is 24.6. The monoisotopic (exact) mass is 640 g/mol. The summed E-state index contributed by atoms with van der Waals surface area (Å²) in [5, 5.41) is 24.8. The minimum Gasteiger partial charge on any atom is -0.477 e. The summed E-state index contributed by atoms with van der Waals surface area (Å²) in [6.07, 6.45) is 0.642. The van der Waals surface area contributed by atoms with Gasteiger partial charge < -0.3 is 30.5 Å². The maximum atomic E-state index is 13.0. The molecule has 1 saturated heterocycles. The summed E-state index contributed by atoms with van der Waals surface area (Å²) in [6, 6.07) is -1.02. The molecule has 4 rings (SSSR count). The van der Waals surface area contributed by atoms with Crippen LogP contribution in [-0.2, 0) is 35.2 Å². The number of hydrogen-bond acceptors (Lipinski definition) is 15. The van der Waals surface area contributed by atoms with Crippen molar-refractivity contribution < 1.29 is 33.8 Å². The van der Waals surface area contributed by atoms with Crippen molar-refractivity contribution in [2.75, 3.05) is 32.8 Å². The number of nitrogen functional groups attached to an aromatic ring is 1. The molecule has 2 amide bonds. The molecule has 0 saturated carbocycles. The van der Waals surface area contributed by atoms with Crippen molar-refractivity contribution in [2.24, 2.45) is 5.16 Å². The summed E-state index contributed by atoms with van der Waals surface area (Å²) in [5.74, 6) is -2.54. The molecule has 2 aromatic rings. The van der Waals surface area contributed by atoms with Crippen molar-refractivity contribution >= 4 is 63.5 Å². The standard InChI is InChI=1S/C22H24N8O9S3/c1-37-11(38-2)6-29-18(34)16(32)26-27-22(29)40-5-4-9-7-41-19-13(17(33)30(19)14(9)20(35)36)25-15(31)12(28-39-3)10-8-42-21(23)24-10/h4-5,8,11,13,19H,6-7H2,1-3H3,(H2,23,24)(H,25,31)(H,26,32)(H,35,36). The Morgan fingerprint density at radius 2 is 2.07 bits per heavy atom. The van der Waals surface area contributed by atoms with Crippen LogP contribution in [-0.4, -0.2) is 98.0 Å². The predicted octanol–water partition coefficient (Wildman–Crippen LogP) is -1.02. The Kier molecular flexibility index (Phi) is 9.83. The lowest BCUT2D eigenvalue weighted by molar-refractivity contribution is -0.150. The Balaban J connectivity index is 1.52. The van der Waals surface area contributed by atoms with Crippen molar-refractivity contribution in [2.45, 2.75) is 29.4 Å². The van der Waals surface area contributed by atoms with E-state index < -0.39 is 46.6 Å². The number of nitrogens with one attached hydrogen (secondary N) is 2. The van der Waals surface area contributed by atoms with E-state index in [1.807, 2.05) is 0 Å². The van der Waals surface area contributed by atoms with Gasteiger partial charge in [-0.15, -0.1) is 28.2 Å². The topological polar surface area (TPSA) is 233 Å². The van der Waals surface area contributed by atoms with Gasteiger partial charge in [0.25, 0.3) is 11.8 Å². The maximum absolute atomic E-state index is 13.0. The van der Waals surface area contributed by atoms with E-state index in [2.05, 4.69) is 25.7 Å². The second-order valence-corrected chi connectivity index (χ2v) is 11.2. The molecule has 0 radical (unpaired) electrons. The lowest BCUT2D eigenvalue weighted by Crippen LogP contribution is -2.71. The number of carbonyl (C=O) groups excluding carboxylic acids is 2. The van der Waals surface area contributed by atoms with Gasteiger partial charge in [-0.25, -0.2) is 14.9 Å². The number of anilines is 1. The van der Waals surface area contributed by atoms with E-state index >= 15 is 0 Å². The van der Waals surface area contributed by atoms with E-state index in [-0.39, 0.29) is 39.7 Å². The molecule has 42 heavy (non-hydrogen) atoms. The number of β-lactam (4-membered cyclic amide) rings is 1. The number of oxime groups is 1. The van der Waals surface area contributed by atoms with Gasteiger partial charge in [0.1, 0.15) is 29.9 Å². The first kappa shape index (κ1) is 31.0. The van der Waals surface area contributed by atoms with Crippen LogP contribution in [0.5, 0.6) is 0 Å². The van der Waals surface area contributed by atoms with Crippen LogP contribution in [0.15, 0.2) is 48.0 Å². The fraction of sp³-hybridized carbons (Fsp3) is 0.364. The molecule has 0 bridgehead atoms. The third kappa shape index (κ3) is 6.26. The van der Waals surface area contributed by atoms with Crippen LogP contribution in [0, 0.1) is 0 Å². The summed E-state index contributed by atoms with van der Waals surface area (Å²) in [5.41, 5.74) is 3.85. The lowest BCUT2D eigenvalue weighted by Gasteiger charge is -2.49. The molecule has 17 nitrogen and oxygen atoms in total. The highest BCUT2D eigenvalue weighted by molar-refractivity contribution is 8.02. The van der Waals surface area contributed by atoms with Gasteiger partial charge in [-0.3, -0.25) is 28.6 Å². The van der Waals surface area contributed by atoms with E-state index in [0.717, 1.165) is 32.6 Å². The number of amides is 2. The third-order valence-corrected chi connectivity index (χ3v) is 8.64. The van der Waals surface area contributed by atoms with Crippen LogP contribution in [0.25, 0.3) is 0 Å². The number of hydrogen-bond donors (Lipinski definition) is 4. The Morgan fingerprint density at radius 1 is 1.33 bits per heavy atom.